The van der Waals surface area contributed by atoms with Crippen molar-refractivity contribution in [2.24, 2.45) is 11.8 Å². The normalized spacial score (nSPS) is 20.4. The molecule has 1 fully saturated rings. The van der Waals surface area contributed by atoms with Crippen molar-refractivity contribution in [1.29, 1.82) is 5.26 Å². The van der Waals surface area contributed by atoms with Crippen molar-refractivity contribution in [2.45, 2.75) is 39.2 Å². The number of nitrogens with zero attached hydrogens (tertiary/aromatic N) is 2. The summed E-state index contributed by atoms with van der Waals surface area (Å²) in [6.07, 6.45) is 2.27. The Balaban J connectivity index is 2.39. The molecule has 1 rings (SSSR count). The second-order valence-electron chi connectivity index (χ2n) is 6.29. The number of carbonyl (C=O) groups excluding carboxylic acids is 1. The van der Waals surface area contributed by atoms with Crippen molar-refractivity contribution in [3.63, 3.8) is 0 Å². The highest BCUT2D eigenvalue weighted by Crippen LogP contribution is 2.17. The standard InChI is InChI=1S/C15H28N4O/c1-12(2)15(3,11-16)18-14(20)10-19-7-5-13(6-8-19)9-17-4/h12-13,17H,5-10H2,1-4H3,(H,18,20). The van der Waals surface area contributed by atoms with Crippen LogP contribution in [0.25, 0.3) is 0 Å². The molecule has 0 aromatic carbocycles. The van der Waals surface area contributed by atoms with Crippen LogP contribution in [-0.4, -0.2) is 49.6 Å². The fraction of sp³-hybridized carbons (Fsp3) is 0.867. The average Bonchev–Trinajstić information content (AvgIpc) is 2.40. The van der Waals surface area contributed by atoms with Crippen molar-refractivity contribution in [2.75, 3.05) is 33.2 Å². The fourth-order valence-corrected chi connectivity index (χ4v) is 2.47. The van der Waals surface area contributed by atoms with Crippen molar-refractivity contribution in [3.05, 3.63) is 0 Å². The Hall–Kier alpha value is -1.12. The zero-order chi connectivity index (χ0) is 15.2. The SMILES string of the molecule is CNCC1CCN(CC(=O)NC(C)(C#N)C(C)C)CC1. The first kappa shape index (κ1) is 16.9. The van der Waals surface area contributed by atoms with Gasteiger partial charge in [-0.1, -0.05) is 13.8 Å². The summed E-state index contributed by atoms with van der Waals surface area (Å²) in [5.41, 5.74) is -0.776. The smallest absolute Gasteiger partial charge is 0.235 e. The van der Waals surface area contributed by atoms with Crippen molar-refractivity contribution in [3.8, 4) is 6.07 Å². The van der Waals surface area contributed by atoms with Crippen LogP contribution in [-0.2, 0) is 4.79 Å². The second-order valence-corrected chi connectivity index (χ2v) is 6.29. The molecule has 1 saturated heterocycles. The molecule has 0 spiro atoms. The highest BCUT2D eigenvalue weighted by molar-refractivity contribution is 5.79. The summed E-state index contributed by atoms with van der Waals surface area (Å²) in [6.45, 7) is 9.07. The minimum absolute atomic E-state index is 0.0465. The molecular weight excluding hydrogens is 252 g/mol. The maximum Gasteiger partial charge on any atom is 0.235 e. The summed E-state index contributed by atoms with van der Waals surface area (Å²) in [6, 6.07) is 2.21. The van der Waals surface area contributed by atoms with E-state index in [0.717, 1.165) is 38.4 Å². The lowest BCUT2D eigenvalue weighted by atomic mass is 9.90. The van der Waals surface area contributed by atoms with Gasteiger partial charge in [0.15, 0.2) is 0 Å². The van der Waals surface area contributed by atoms with Crippen molar-refractivity contribution < 1.29 is 4.79 Å². The topological polar surface area (TPSA) is 68.2 Å². The summed E-state index contributed by atoms with van der Waals surface area (Å²) in [5, 5.41) is 15.3. The predicted molar refractivity (Wildman–Crippen MR) is 80.1 cm³/mol. The van der Waals surface area contributed by atoms with Gasteiger partial charge in [0.1, 0.15) is 5.54 Å². The highest BCUT2D eigenvalue weighted by atomic mass is 16.2. The van der Waals surface area contributed by atoms with Gasteiger partial charge in [-0.2, -0.15) is 5.26 Å². The van der Waals surface area contributed by atoms with Gasteiger partial charge in [-0.15, -0.1) is 0 Å². The Morgan fingerprint density at radius 3 is 2.50 bits per heavy atom. The van der Waals surface area contributed by atoms with E-state index < -0.39 is 5.54 Å². The van der Waals surface area contributed by atoms with Gasteiger partial charge in [-0.25, -0.2) is 0 Å². The highest BCUT2D eigenvalue weighted by Gasteiger charge is 2.30. The van der Waals surface area contributed by atoms with E-state index >= 15 is 0 Å². The number of nitriles is 1. The maximum atomic E-state index is 12.1. The lowest BCUT2D eigenvalue weighted by Crippen LogP contribution is -2.52. The van der Waals surface area contributed by atoms with E-state index in [1.54, 1.807) is 6.92 Å². The summed E-state index contributed by atoms with van der Waals surface area (Å²) in [7, 11) is 1.98. The molecule has 0 saturated carbocycles. The van der Waals surface area contributed by atoms with Crippen LogP contribution < -0.4 is 10.6 Å². The van der Waals surface area contributed by atoms with E-state index in [4.69, 9.17) is 0 Å². The largest absolute Gasteiger partial charge is 0.337 e. The number of hydrogen-bond acceptors (Lipinski definition) is 4. The van der Waals surface area contributed by atoms with Gasteiger partial charge in [0, 0.05) is 0 Å². The van der Waals surface area contributed by atoms with Crippen LogP contribution in [0.2, 0.25) is 0 Å². The molecule has 1 atom stereocenters. The Labute approximate surface area is 122 Å². The van der Waals surface area contributed by atoms with Gasteiger partial charge >= 0.3 is 0 Å². The predicted octanol–water partition coefficient (Wildman–Crippen LogP) is 0.972. The number of rotatable bonds is 6. The van der Waals surface area contributed by atoms with Crippen LogP contribution in [0.5, 0.6) is 0 Å². The van der Waals surface area contributed by atoms with E-state index in [0.29, 0.717) is 6.54 Å². The first-order valence-electron chi connectivity index (χ1n) is 7.50. The Morgan fingerprint density at radius 1 is 1.45 bits per heavy atom. The van der Waals surface area contributed by atoms with Crippen LogP contribution in [0.15, 0.2) is 0 Å². The monoisotopic (exact) mass is 280 g/mol. The first-order chi connectivity index (χ1) is 9.41. The van der Waals surface area contributed by atoms with Gasteiger partial charge < -0.3 is 10.6 Å². The van der Waals surface area contributed by atoms with Crippen LogP contribution in [0, 0.1) is 23.2 Å². The van der Waals surface area contributed by atoms with Gasteiger partial charge in [-0.05, 0) is 58.3 Å². The molecule has 1 amide bonds. The molecule has 20 heavy (non-hydrogen) atoms. The minimum Gasteiger partial charge on any atom is -0.337 e. The Morgan fingerprint density at radius 2 is 2.05 bits per heavy atom. The van der Waals surface area contributed by atoms with Crippen LogP contribution >= 0.6 is 0 Å². The lowest BCUT2D eigenvalue weighted by molar-refractivity contribution is -0.124. The number of amides is 1. The third-order valence-electron chi connectivity index (χ3n) is 4.35. The molecular formula is C15H28N4O. The summed E-state index contributed by atoms with van der Waals surface area (Å²) in [4.78, 5) is 14.3. The van der Waals surface area contributed by atoms with E-state index in [-0.39, 0.29) is 11.8 Å². The second kappa shape index (κ2) is 7.61. The van der Waals surface area contributed by atoms with Crippen molar-refractivity contribution in [1.82, 2.24) is 15.5 Å². The fourth-order valence-electron chi connectivity index (χ4n) is 2.47. The third kappa shape index (κ3) is 4.77. The molecule has 0 aromatic rings. The van der Waals surface area contributed by atoms with E-state index in [1.165, 1.54) is 0 Å². The summed E-state index contributed by atoms with van der Waals surface area (Å²) < 4.78 is 0. The number of likely N-dealkylation sites (tertiary alicyclic amines) is 1. The zero-order valence-corrected chi connectivity index (χ0v) is 13.2. The molecule has 1 aliphatic heterocycles. The molecule has 2 N–H and O–H groups in total. The molecule has 0 bridgehead atoms. The molecule has 5 heteroatoms. The maximum absolute atomic E-state index is 12.1. The van der Waals surface area contributed by atoms with Gasteiger partial charge in [-0.3, -0.25) is 9.69 Å². The van der Waals surface area contributed by atoms with E-state index in [1.807, 2.05) is 20.9 Å². The molecule has 1 heterocycles. The molecule has 0 aromatic heterocycles. The van der Waals surface area contributed by atoms with Gasteiger partial charge in [0.2, 0.25) is 5.91 Å². The Kier molecular flexibility index (Phi) is 6.44. The van der Waals surface area contributed by atoms with Crippen LogP contribution in [0.1, 0.15) is 33.6 Å². The van der Waals surface area contributed by atoms with Gasteiger partial charge in [0.25, 0.3) is 0 Å². The Bertz CT molecular complexity index is 355. The summed E-state index contributed by atoms with van der Waals surface area (Å²) in [5.74, 6) is 0.770. The minimum atomic E-state index is -0.776. The first-order valence-corrected chi connectivity index (χ1v) is 7.50. The number of carbonyl (C=O) groups is 1. The molecule has 0 radical (unpaired) electrons. The van der Waals surface area contributed by atoms with E-state index in [9.17, 15) is 10.1 Å². The van der Waals surface area contributed by atoms with Crippen LogP contribution in [0.3, 0.4) is 0 Å². The number of nitrogens with one attached hydrogen (secondary N) is 2. The van der Waals surface area contributed by atoms with Crippen LogP contribution in [0.4, 0.5) is 0 Å². The molecule has 5 nitrogen and oxygen atoms in total. The van der Waals surface area contributed by atoms with Crippen molar-refractivity contribution >= 4 is 5.91 Å². The summed E-state index contributed by atoms with van der Waals surface area (Å²) >= 11 is 0. The lowest BCUT2D eigenvalue weighted by Gasteiger charge is -2.33. The molecule has 0 aliphatic carbocycles. The number of piperidine rings is 1. The molecule has 1 unspecified atom stereocenters. The quantitative estimate of drug-likeness (QED) is 0.761. The van der Waals surface area contributed by atoms with E-state index in [2.05, 4.69) is 21.6 Å². The third-order valence-corrected chi connectivity index (χ3v) is 4.35. The average molecular weight is 280 g/mol. The molecule has 1 aliphatic rings. The van der Waals surface area contributed by atoms with Gasteiger partial charge in [0.05, 0.1) is 12.6 Å². The zero-order valence-electron chi connectivity index (χ0n) is 13.2. The molecule has 114 valence electrons. The number of hydrogen-bond donors (Lipinski definition) is 2.